The summed E-state index contributed by atoms with van der Waals surface area (Å²) in [6.45, 7) is 20.6. The van der Waals surface area contributed by atoms with Crippen molar-refractivity contribution < 1.29 is 65.4 Å². The van der Waals surface area contributed by atoms with Crippen molar-refractivity contribution in [3.63, 3.8) is 0 Å². The standard InChI is InChI=1S/2C15H19N2.2C2H6.2Y/c2*1-4-8-14-11-15(3,17-12(2)16-14)13-9-6-5-7-10-13;2*1-2;;/h2*5-7,9-10H,4,8H2,1-3H3,(H,16,17);2*1-2H3;;/q2*-1;;;;. The van der Waals surface area contributed by atoms with Crippen molar-refractivity contribution in [2.45, 2.75) is 106 Å². The molecule has 0 saturated heterocycles. The van der Waals surface area contributed by atoms with Crippen molar-refractivity contribution in [1.82, 2.24) is 10.6 Å². The monoisotopic (exact) mass is 692 g/mol. The molecule has 2 aromatic carbocycles. The molecule has 0 saturated carbocycles. The third-order valence-electron chi connectivity index (χ3n) is 5.91. The Morgan fingerprint density at radius 2 is 0.900 bits per heavy atom. The van der Waals surface area contributed by atoms with E-state index in [0.717, 1.165) is 48.7 Å². The Labute approximate surface area is 296 Å². The van der Waals surface area contributed by atoms with Gasteiger partial charge in [0.25, 0.3) is 0 Å². The SMILES string of the molecule is CC.CC.CCCC1=[C-]C(C)(c2ccccc2)N=C(C)N1.CCCC1=[C-]C(C)(c2ccccc2)N=C(C)N1.[Y].[Y]. The average Bonchev–Trinajstić information content (AvgIpc) is 2.92. The van der Waals surface area contributed by atoms with Crippen LogP contribution in [0.25, 0.3) is 0 Å². The van der Waals surface area contributed by atoms with E-state index in [1.54, 1.807) is 0 Å². The quantitative estimate of drug-likeness (QED) is 0.298. The Morgan fingerprint density at radius 1 is 0.600 bits per heavy atom. The summed E-state index contributed by atoms with van der Waals surface area (Å²) in [4.78, 5) is 9.38. The van der Waals surface area contributed by atoms with Crippen LogP contribution in [-0.4, -0.2) is 11.7 Å². The van der Waals surface area contributed by atoms with Crippen molar-refractivity contribution in [3.05, 3.63) is 95.3 Å². The molecule has 2 aliphatic heterocycles. The van der Waals surface area contributed by atoms with Crippen molar-refractivity contribution in [2.24, 2.45) is 9.98 Å². The van der Waals surface area contributed by atoms with Crippen LogP contribution in [0, 0.1) is 12.2 Å². The molecule has 40 heavy (non-hydrogen) atoms. The molecule has 214 valence electrons. The van der Waals surface area contributed by atoms with Gasteiger partial charge in [-0.3, -0.25) is 9.98 Å². The predicted octanol–water partition coefficient (Wildman–Crippen LogP) is 8.87. The molecule has 0 fully saturated rings. The summed E-state index contributed by atoms with van der Waals surface area (Å²) in [6.07, 6.45) is 11.3. The zero-order valence-electron chi connectivity index (χ0n) is 26.7. The van der Waals surface area contributed by atoms with E-state index in [-0.39, 0.29) is 76.5 Å². The molecule has 2 radical (unpaired) electrons. The Kier molecular flexibility index (Phi) is 22.4. The molecular weight excluding hydrogens is 642 g/mol. The number of benzene rings is 2. The minimum atomic E-state index is -0.346. The summed E-state index contributed by atoms with van der Waals surface area (Å²) < 4.78 is 0. The van der Waals surface area contributed by atoms with E-state index < -0.39 is 0 Å². The maximum Gasteiger partial charge on any atom is 0.0928 e. The van der Waals surface area contributed by atoms with Crippen LogP contribution < -0.4 is 10.6 Å². The zero-order valence-corrected chi connectivity index (χ0v) is 32.3. The van der Waals surface area contributed by atoms with Crippen molar-refractivity contribution in [3.8, 4) is 0 Å². The molecule has 0 amide bonds. The first-order chi connectivity index (χ1) is 18.3. The molecule has 0 aliphatic carbocycles. The van der Waals surface area contributed by atoms with E-state index in [4.69, 9.17) is 9.98 Å². The van der Waals surface area contributed by atoms with E-state index in [1.165, 1.54) is 11.1 Å². The molecule has 0 spiro atoms. The first kappa shape index (κ1) is 41.2. The van der Waals surface area contributed by atoms with Gasteiger partial charge in [-0.25, -0.2) is 0 Å². The van der Waals surface area contributed by atoms with E-state index in [1.807, 2.05) is 53.7 Å². The van der Waals surface area contributed by atoms with Crippen LogP contribution in [-0.2, 0) is 76.5 Å². The van der Waals surface area contributed by atoms with Crippen LogP contribution in [0.2, 0.25) is 0 Å². The molecule has 4 nitrogen and oxygen atoms in total. The van der Waals surface area contributed by atoms with Crippen LogP contribution in [0.15, 0.2) is 82.0 Å². The smallest absolute Gasteiger partial charge is 0.0928 e. The van der Waals surface area contributed by atoms with Crippen LogP contribution in [0.3, 0.4) is 0 Å². The summed E-state index contributed by atoms with van der Waals surface area (Å²) in [7, 11) is 0. The fraction of sp³-hybridized carbons (Fsp3) is 0.471. The molecule has 2 aromatic rings. The molecule has 2 aliphatic rings. The summed E-state index contributed by atoms with van der Waals surface area (Å²) >= 11 is 0. The number of amidine groups is 2. The molecule has 4 rings (SSSR count). The Bertz CT molecular complexity index is 990. The normalized spacial score (nSPS) is 20.4. The van der Waals surface area contributed by atoms with E-state index in [0.29, 0.717) is 0 Å². The van der Waals surface area contributed by atoms with Crippen LogP contribution in [0.4, 0.5) is 0 Å². The second-order valence-corrected chi connectivity index (χ2v) is 9.23. The minimum absolute atomic E-state index is 0. The molecule has 2 N–H and O–H groups in total. The molecule has 0 aromatic heterocycles. The predicted molar refractivity (Wildman–Crippen MR) is 166 cm³/mol. The average molecular weight is 693 g/mol. The van der Waals surface area contributed by atoms with Gasteiger partial charge in [-0.15, -0.1) is 0 Å². The van der Waals surface area contributed by atoms with Gasteiger partial charge in [0.05, 0.1) is 11.7 Å². The van der Waals surface area contributed by atoms with Gasteiger partial charge in [0.2, 0.25) is 0 Å². The number of nitrogens with one attached hydrogen (secondary N) is 2. The summed E-state index contributed by atoms with van der Waals surface area (Å²) in [5.41, 5.74) is 4.00. The van der Waals surface area contributed by atoms with Gasteiger partial charge in [0.1, 0.15) is 0 Å². The third-order valence-corrected chi connectivity index (χ3v) is 5.91. The Morgan fingerprint density at radius 3 is 1.18 bits per heavy atom. The van der Waals surface area contributed by atoms with Crippen LogP contribution in [0.5, 0.6) is 0 Å². The number of allylic oxidation sites excluding steroid dienone is 2. The van der Waals surface area contributed by atoms with Gasteiger partial charge in [-0.2, -0.15) is 11.4 Å². The summed E-state index contributed by atoms with van der Waals surface area (Å²) in [5, 5.41) is 6.60. The second kappa shape index (κ2) is 21.7. The number of hydrogen-bond acceptors (Lipinski definition) is 4. The number of nitrogens with zero attached hydrogens (tertiary/aromatic N) is 2. The fourth-order valence-corrected chi connectivity index (χ4v) is 4.42. The number of aliphatic imine (C=N–C) groups is 2. The van der Waals surface area contributed by atoms with Gasteiger partial charge in [0, 0.05) is 65.4 Å². The third kappa shape index (κ3) is 12.9. The van der Waals surface area contributed by atoms with Crippen molar-refractivity contribution in [1.29, 1.82) is 0 Å². The van der Waals surface area contributed by atoms with Crippen molar-refractivity contribution in [2.75, 3.05) is 0 Å². The maximum absolute atomic E-state index is 4.69. The Balaban J connectivity index is 0. The van der Waals surface area contributed by atoms with Gasteiger partial charge in [-0.05, 0) is 37.8 Å². The first-order valence-electron chi connectivity index (χ1n) is 14.3. The number of rotatable bonds is 6. The molecule has 0 bridgehead atoms. The Hall–Kier alpha value is -0.932. The maximum atomic E-state index is 4.69. The van der Waals surface area contributed by atoms with Gasteiger partial charge in [0.15, 0.2) is 0 Å². The molecule has 6 heteroatoms. The van der Waals surface area contributed by atoms with Gasteiger partial charge >= 0.3 is 0 Å². The molecule has 2 heterocycles. The van der Waals surface area contributed by atoms with Crippen molar-refractivity contribution >= 4 is 11.7 Å². The second-order valence-electron chi connectivity index (χ2n) is 9.23. The van der Waals surface area contributed by atoms with Crippen LogP contribution >= 0.6 is 0 Å². The summed E-state index contributed by atoms with van der Waals surface area (Å²) in [6, 6.07) is 20.7. The van der Waals surface area contributed by atoms with Crippen LogP contribution in [0.1, 0.15) is 106 Å². The summed E-state index contributed by atoms with van der Waals surface area (Å²) in [5.74, 6) is 1.94. The zero-order chi connectivity index (χ0) is 28.6. The van der Waals surface area contributed by atoms with E-state index >= 15 is 0 Å². The van der Waals surface area contributed by atoms with Gasteiger partial charge < -0.3 is 22.8 Å². The largest absolute Gasteiger partial charge is 0.443 e. The molecule has 2 unspecified atom stereocenters. The minimum Gasteiger partial charge on any atom is -0.443 e. The first-order valence-corrected chi connectivity index (χ1v) is 14.3. The molecular formula is C34H50N4Y2-2. The van der Waals surface area contributed by atoms with E-state index in [9.17, 15) is 0 Å². The topological polar surface area (TPSA) is 48.8 Å². The fourth-order valence-electron chi connectivity index (χ4n) is 4.42. The van der Waals surface area contributed by atoms with Gasteiger partial charge in [-0.1, -0.05) is 140 Å². The van der Waals surface area contributed by atoms with E-state index in [2.05, 4.69) is 99.0 Å². The molecule has 2 atom stereocenters. The number of hydrogen-bond donors (Lipinski definition) is 2.